The van der Waals surface area contributed by atoms with Gasteiger partial charge in [-0.15, -0.1) is 0 Å². The van der Waals surface area contributed by atoms with Gasteiger partial charge in [0.25, 0.3) is 0 Å². The summed E-state index contributed by atoms with van der Waals surface area (Å²) in [6.07, 6.45) is 1.60. The summed E-state index contributed by atoms with van der Waals surface area (Å²) in [4.78, 5) is 4.17. The fraction of sp³-hybridized carbons (Fsp3) is 0.125. The van der Waals surface area contributed by atoms with Gasteiger partial charge in [0, 0.05) is 6.07 Å². The highest BCUT2D eigenvalue weighted by Gasteiger charge is 2.08. The average Bonchev–Trinajstić information content (AvgIpc) is 2.53. The molecule has 0 aliphatic heterocycles. The van der Waals surface area contributed by atoms with Crippen LogP contribution in [0.5, 0.6) is 0 Å². The third-order valence-electron chi connectivity index (χ3n) is 1.86. The van der Waals surface area contributed by atoms with Crippen molar-refractivity contribution in [2.45, 2.75) is 6.92 Å². The standard InChI is InChI=1S/C8H7N5/c1-5-6(4-9)8(10)13-7(12-5)2-3-11-13/h2-3H,10H2,1H3. The molecule has 2 heterocycles. The second-order valence-electron chi connectivity index (χ2n) is 2.67. The Kier molecular flexibility index (Phi) is 1.43. The van der Waals surface area contributed by atoms with Crippen molar-refractivity contribution in [3.8, 4) is 6.07 Å². The van der Waals surface area contributed by atoms with E-state index in [9.17, 15) is 0 Å². The molecule has 2 N–H and O–H groups in total. The van der Waals surface area contributed by atoms with Gasteiger partial charge in [-0.05, 0) is 6.92 Å². The molecule has 5 nitrogen and oxygen atoms in total. The van der Waals surface area contributed by atoms with E-state index in [2.05, 4.69) is 10.1 Å². The maximum Gasteiger partial charge on any atom is 0.157 e. The van der Waals surface area contributed by atoms with Gasteiger partial charge < -0.3 is 5.73 Å². The van der Waals surface area contributed by atoms with Crippen LogP contribution >= 0.6 is 0 Å². The van der Waals surface area contributed by atoms with Crippen molar-refractivity contribution in [1.29, 1.82) is 5.26 Å². The summed E-state index contributed by atoms with van der Waals surface area (Å²) < 4.78 is 1.45. The van der Waals surface area contributed by atoms with E-state index in [1.165, 1.54) is 4.52 Å². The second-order valence-corrected chi connectivity index (χ2v) is 2.67. The van der Waals surface area contributed by atoms with Crippen LogP contribution in [0.25, 0.3) is 5.65 Å². The first kappa shape index (κ1) is 7.55. The molecule has 2 aromatic rings. The molecule has 0 aromatic carbocycles. The molecule has 0 aliphatic carbocycles. The number of nitrogens with two attached hydrogens (primary N) is 1. The van der Waals surface area contributed by atoms with Crippen LogP contribution in [0.2, 0.25) is 0 Å². The largest absolute Gasteiger partial charge is 0.382 e. The van der Waals surface area contributed by atoms with E-state index in [0.717, 1.165) is 0 Å². The van der Waals surface area contributed by atoms with Crippen molar-refractivity contribution >= 4 is 11.5 Å². The molecular weight excluding hydrogens is 166 g/mol. The predicted molar refractivity (Wildman–Crippen MR) is 46.9 cm³/mol. The molecule has 0 radical (unpaired) electrons. The molecule has 0 amide bonds. The molecule has 0 spiro atoms. The van der Waals surface area contributed by atoms with Gasteiger partial charge in [0.1, 0.15) is 17.5 Å². The summed E-state index contributed by atoms with van der Waals surface area (Å²) >= 11 is 0. The maximum atomic E-state index is 8.79. The summed E-state index contributed by atoms with van der Waals surface area (Å²) in [5.74, 6) is 0.343. The van der Waals surface area contributed by atoms with Gasteiger partial charge in [-0.25, -0.2) is 4.98 Å². The van der Waals surface area contributed by atoms with Crippen molar-refractivity contribution in [3.05, 3.63) is 23.5 Å². The van der Waals surface area contributed by atoms with Crippen LogP contribution in [0.15, 0.2) is 12.3 Å². The number of fused-ring (bicyclic) bond motifs is 1. The lowest BCUT2D eigenvalue weighted by atomic mass is 10.2. The Hall–Kier alpha value is -2.09. The number of aryl methyl sites for hydroxylation is 1. The Morgan fingerprint density at radius 3 is 3.08 bits per heavy atom. The highest BCUT2D eigenvalue weighted by molar-refractivity contribution is 5.57. The van der Waals surface area contributed by atoms with Gasteiger partial charge in [0.2, 0.25) is 0 Å². The van der Waals surface area contributed by atoms with Crippen molar-refractivity contribution in [2.24, 2.45) is 0 Å². The Morgan fingerprint density at radius 1 is 1.62 bits per heavy atom. The minimum absolute atomic E-state index is 0.343. The smallest absolute Gasteiger partial charge is 0.157 e. The molecule has 2 rings (SSSR count). The van der Waals surface area contributed by atoms with Gasteiger partial charge in [0.05, 0.1) is 11.9 Å². The van der Waals surface area contributed by atoms with E-state index >= 15 is 0 Å². The topological polar surface area (TPSA) is 80.0 Å². The first-order valence-electron chi connectivity index (χ1n) is 3.74. The number of rotatable bonds is 0. The normalized spacial score (nSPS) is 10.2. The predicted octanol–water partition coefficient (Wildman–Crippen LogP) is 0.492. The van der Waals surface area contributed by atoms with Crippen molar-refractivity contribution < 1.29 is 0 Å². The molecular formula is C8H7N5. The van der Waals surface area contributed by atoms with Gasteiger partial charge in [-0.3, -0.25) is 0 Å². The van der Waals surface area contributed by atoms with Crippen LogP contribution in [-0.2, 0) is 0 Å². The highest BCUT2D eigenvalue weighted by Crippen LogP contribution is 2.14. The van der Waals surface area contributed by atoms with Crippen LogP contribution in [0.1, 0.15) is 11.3 Å². The molecule has 0 saturated heterocycles. The number of hydrogen-bond acceptors (Lipinski definition) is 4. The van der Waals surface area contributed by atoms with Gasteiger partial charge in [0.15, 0.2) is 5.65 Å². The molecule has 0 bridgehead atoms. The third kappa shape index (κ3) is 0.924. The summed E-state index contributed by atoms with van der Waals surface area (Å²) in [6.45, 7) is 1.75. The average molecular weight is 173 g/mol. The van der Waals surface area contributed by atoms with E-state index in [4.69, 9.17) is 11.0 Å². The third-order valence-corrected chi connectivity index (χ3v) is 1.86. The quantitative estimate of drug-likeness (QED) is 0.628. The first-order chi connectivity index (χ1) is 6.24. The molecule has 2 aromatic heterocycles. The van der Waals surface area contributed by atoms with E-state index < -0.39 is 0 Å². The number of nitrogen functional groups attached to an aromatic ring is 1. The summed E-state index contributed by atoms with van der Waals surface area (Å²) in [7, 11) is 0. The van der Waals surface area contributed by atoms with E-state index in [-0.39, 0.29) is 0 Å². The SMILES string of the molecule is Cc1nc2ccnn2c(N)c1C#N. The van der Waals surface area contributed by atoms with Crippen LogP contribution in [0.4, 0.5) is 5.82 Å². The molecule has 13 heavy (non-hydrogen) atoms. The molecule has 0 atom stereocenters. The number of hydrogen-bond donors (Lipinski definition) is 1. The van der Waals surface area contributed by atoms with E-state index in [0.29, 0.717) is 22.7 Å². The Bertz CT molecular complexity index is 505. The second kappa shape index (κ2) is 2.45. The summed E-state index contributed by atoms with van der Waals surface area (Å²) in [5, 5.41) is 12.7. The van der Waals surface area contributed by atoms with Crippen LogP contribution in [0, 0.1) is 18.3 Å². The van der Waals surface area contributed by atoms with Crippen molar-refractivity contribution in [2.75, 3.05) is 5.73 Å². The zero-order valence-corrected chi connectivity index (χ0v) is 7.02. The Labute approximate surface area is 74.4 Å². The minimum atomic E-state index is 0.343. The lowest BCUT2D eigenvalue weighted by Crippen LogP contribution is -2.05. The van der Waals surface area contributed by atoms with E-state index in [1.54, 1.807) is 19.2 Å². The fourth-order valence-electron chi connectivity index (χ4n) is 1.22. The monoisotopic (exact) mass is 173 g/mol. The highest BCUT2D eigenvalue weighted by atomic mass is 15.3. The van der Waals surface area contributed by atoms with Crippen LogP contribution in [-0.4, -0.2) is 14.6 Å². The molecule has 0 saturated carbocycles. The van der Waals surface area contributed by atoms with Gasteiger partial charge >= 0.3 is 0 Å². The van der Waals surface area contributed by atoms with E-state index in [1.807, 2.05) is 6.07 Å². The molecule has 0 aliphatic rings. The molecule has 64 valence electrons. The number of anilines is 1. The summed E-state index contributed by atoms with van der Waals surface area (Å²) in [6, 6.07) is 3.74. The number of aromatic nitrogens is 3. The van der Waals surface area contributed by atoms with Gasteiger partial charge in [-0.1, -0.05) is 0 Å². The Balaban J connectivity index is 2.95. The van der Waals surface area contributed by atoms with Crippen LogP contribution < -0.4 is 5.73 Å². The number of nitriles is 1. The summed E-state index contributed by atoms with van der Waals surface area (Å²) in [5.41, 5.74) is 7.39. The maximum absolute atomic E-state index is 8.79. The van der Waals surface area contributed by atoms with Crippen molar-refractivity contribution in [1.82, 2.24) is 14.6 Å². The molecule has 0 fully saturated rings. The fourth-order valence-corrected chi connectivity index (χ4v) is 1.22. The van der Waals surface area contributed by atoms with Gasteiger partial charge in [-0.2, -0.15) is 14.9 Å². The first-order valence-corrected chi connectivity index (χ1v) is 3.74. The lowest BCUT2D eigenvalue weighted by molar-refractivity contribution is 0.937. The lowest BCUT2D eigenvalue weighted by Gasteiger charge is -2.02. The zero-order valence-electron chi connectivity index (χ0n) is 7.02. The molecule has 0 unspecified atom stereocenters. The van der Waals surface area contributed by atoms with Crippen LogP contribution in [0.3, 0.4) is 0 Å². The van der Waals surface area contributed by atoms with Crippen molar-refractivity contribution in [3.63, 3.8) is 0 Å². The minimum Gasteiger partial charge on any atom is -0.382 e. The molecule has 5 heteroatoms. The number of nitrogens with zero attached hydrogens (tertiary/aromatic N) is 4. The zero-order chi connectivity index (χ0) is 9.42. The Morgan fingerprint density at radius 2 is 2.38 bits per heavy atom.